The normalized spacial score (nSPS) is 10.3. The zero-order chi connectivity index (χ0) is 20.7. The summed E-state index contributed by atoms with van der Waals surface area (Å²) in [5.74, 6) is 0.535. The van der Waals surface area contributed by atoms with Crippen LogP contribution in [0.3, 0.4) is 0 Å². The van der Waals surface area contributed by atoms with Gasteiger partial charge in [0, 0.05) is 5.69 Å². The Bertz CT molecular complexity index is 839. The van der Waals surface area contributed by atoms with Crippen molar-refractivity contribution in [2.75, 3.05) is 25.0 Å². The third-order valence-electron chi connectivity index (χ3n) is 4.33. The highest BCUT2D eigenvalue weighted by molar-refractivity contribution is 5.95. The Hall–Kier alpha value is -3.02. The van der Waals surface area contributed by atoms with Gasteiger partial charge in [-0.25, -0.2) is 4.79 Å². The lowest BCUT2D eigenvalue weighted by molar-refractivity contribution is -0.115. The van der Waals surface area contributed by atoms with Crippen LogP contribution in [-0.4, -0.2) is 31.6 Å². The van der Waals surface area contributed by atoms with Gasteiger partial charge in [0.25, 0.3) is 0 Å². The van der Waals surface area contributed by atoms with E-state index < -0.39 is 6.03 Å². The summed E-state index contributed by atoms with van der Waals surface area (Å²) in [5, 5.41) is 8.09. The number of ether oxygens (including phenoxy) is 1. The number of hydrogen-bond donors (Lipinski definition) is 3. The number of carbonyl (C=O) groups excluding carboxylic acids is 2. The van der Waals surface area contributed by atoms with Gasteiger partial charge in [-0.05, 0) is 57.4 Å². The number of carbonyl (C=O) groups is 2. The monoisotopic (exact) mass is 383 g/mol. The van der Waals surface area contributed by atoms with Crippen LogP contribution in [0.15, 0.2) is 30.3 Å². The third-order valence-corrected chi connectivity index (χ3v) is 4.33. The van der Waals surface area contributed by atoms with Crippen LogP contribution in [0.1, 0.15) is 27.8 Å². The van der Waals surface area contributed by atoms with Crippen molar-refractivity contribution in [1.82, 2.24) is 10.6 Å². The summed E-state index contributed by atoms with van der Waals surface area (Å²) < 4.78 is 5.66. The van der Waals surface area contributed by atoms with Crippen molar-refractivity contribution < 1.29 is 14.3 Å². The molecule has 28 heavy (non-hydrogen) atoms. The summed E-state index contributed by atoms with van der Waals surface area (Å²) in [6, 6.07) is 9.57. The Morgan fingerprint density at radius 2 is 1.50 bits per heavy atom. The van der Waals surface area contributed by atoms with E-state index in [2.05, 4.69) is 16.0 Å². The van der Waals surface area contributed by atoms with E-state index in [1.807, 2.05) is 65.0 Å². The van der Waals surface area contributed by atoms with Crippen LogP contribution < -0.4 is 20.7 Å². The smallest absolute Gasteiger partial charge is 0.315 e. The molecule has 0 aliphatic heterocycles. The maximum atomic E-state index is 12.1. The van der Waals surface area contributed by atoms with E-state index in [0.717, 1.165) is 33.7 Å². The number of aryl methyl sites for hydroxylation is 5. The largest absolute Gasteiger partial charge is 0.491 e. The molecule has 0 radical (unpaired) electrons. The Kier molecular flexibility index (Phi) is 7.44. The minimum absolute atomic E-state index is 0.101. The lowest BCUT2D eigenvalue weighted by atomic mass is 10.1. The second-order valence-electron chi connectivity index (χ2n) is 7.05. The van der Waals surface area contributed by atoms with E-state index in [9.17, 15) is 9.59 Å². The standard InChI is InChI=1S/C22H29N3O3/c1-14-6-7-19(16(3)10-14)28-9-8-23-22(27)24-13-20(26)25-21-17(4)11-15(2)12-18(21)5/h6-7,10-12H,8-9,13H2,1-5H3,(H,25,26)(H2,23,24,27). The summed E-state index contributed by atoms with van der Waals surface area (Å²) in [4.78, 5) is 24.0. The van der Waals surface area contributed by atoms with Crippen LogP contribution in [0.2, 0.25) is 0 Å². The van der Waals surface area contributed by atoms with E-state index in [4.69, 9.17) is 4.74 Å². The number of amides is 3. The van der Waals surface area contributed by atoms with Gasteiger partial charge in [-0.3, -0.25) is 4.79 Å². The van der Waals surface area contributed by atoms with Crippen molar-refractivity contribution in [1.29, 1.82) is 0 Å². The number of nitrogens with one attached hydrogen (secondary N) is 3. The quantitative estimate of drug-likeness (QED) is 0.640. The zero-order valence-corrected chi connectivity index (χ0v) is 17.2. The lowest BCUT2D eigenvalue weighted by Gasteiger charge is -2.14. The fraction of sp³-hybridized carbons (Fsp3) is 0.364. The number of urea groups is 1. The van der Waals surface area contributed by atoms with Crippen LogP contribution in [0.5, 0.6) is 5.75 Å². The molecule has 6 heteroatoms. The highest BCUT2D eigenvalue weighted by Crippen LogP contribution is 2.21. The van der Waals surface area contributed by atoms with Gasteiger partial charge in [0.2, 0.25) is 5.91 Å². The topological polar surface area (TPSA) is 79.5 Å². The summed E-state index contributed by atoms with van der Waals surface area (Å²) in [6.45, 7) is 10.5. The molecular weight excluding hydrogens is 354 g/mol. The van der Waals surface area contributed by atoms with Gasteiger partial charge in [0.15, 0.2) is 0 Å². The molecule has 0 spiro atoms. The predicted octanol–water partition coefficient (Wildman–Crippen LogP) is 3.55. The van der Waals surface area contributed by atoms with Crippen LogP contribution in [0.4, 0.5) is 10.5 Å². The van der Waals surface area contributed by atoms with Crippen LogP contribution in [0.25, 0.3) is 0 Å². The molecule has 0 unspecified atom stereocenters. The number of rotatable bonds is 7. The Morgan fingerprint density at radius 3 is 2.14 bits per heavy atom. The first-order valence-electron chi connectivity index (χ1n) is 9.35. The molecule has 0 bridgehead atoms. The molecule has 0 atom stereocenters. The lowest BCUT2D eigenvalue weighted by Crippen LogP contribution is -2.41. The van der Waals surface area contributed by atoms with Gasteiger partial charge in [-0.1, -0.05) is 35.4 Å². The molecule has 150 valence electrons. The first-order chi connectivity index (χ1) is 13.3. The Balaban J connectivity index is 1.70. The Labute approximate surface area is 166 Å². The van der Waals surface area contributed by atoms with E-state index >= 15 is 0 Å². The van der Waals surface area contributed by atoms with Crippen molar-refractivity contribution in [3.8, 4) is 5.75 Å². The van der Waals surface area contributed by atoms with E-state index in [-0.39, 0.29) is 12.5 Å². The molecule has 0 saturated carbocycles. The molecule has 0 aliphatic carbocycles. The molecule has 2 rings (SSSR count). The molecule has 0 aromatic heterocycles. The van der Waals surface area contributed by atoms with E-state index in [1.54, 1.807) is 0 Å². The summed E-state index contributed by atoms with van der Waals surface area (Å²) in [6.07, 6.45) is 0. The predicted molar refractivity (Wildman–Crippen MR) is 112 cm³/mol. The molecule has 6 nitrogen and oxygen atoms in total. The number of benzene rings is 2. The maximum absolute atomic E-state index is 12.1. The molecule has 0 heterocycles. The maximum Gasteiger partial charge on any atom is 0.315 e. The molecule has 0 fully saturated rings. The van der Waals surface area contributed by atoms with Gasteiger partial charge < -0.3 is 20.7 Å². The third kappa shape index (κ3) is 6.30. The highest BCUT2D eigenvalue weighted by Gasteiger charge is 2.09. The molecular formula is C22H29N3O3. The van der Waals surface area contributed by atoms with Crippen molar-refractivity contribution in [2.45, 2.75) is 34.6 Å². The van der Waals surface area contributed by atoms with Gasteiger partial charge in [0.05, 0.1) is 13.1 Å². The minimum atomic E-state index is -0.406. The van der Waals surface area contributed by atoms with Crippen LogP contribution in [0, 0.1) is 34.6 Å². The van der Waals surface area contributed by atoms with Crippen molar-refractivity contribution in [3.05, 3.63) is 58.1 Å². The summed E-state index contributed by atoms with van der Waals surface area (Å²) in [5.41, 5.74) is 6.17. The molecule has 2 aromatic rings. The first kappa shape index (κ1) is 21.3. The van der Waals surface area contributed by atoms with E-state index in [1.165, 1.54) is 5.56 Å². The fourth-order valence-electron chi connectivity index (χ4n) is 3.07. The summed E-state index contributed by atoms with van der Waals surface area (Å²) in [7, 11) is 0. The van der Waals surface area contributed by atoms with Gasteiger partial charge >= 0.3 is 6.03 Å². The Morgan fingerprint density at radius 1 is 0.857 bits per heavy atom. The van der Waals surface area contributed by atoms with Crippen LogP contribution >= 0.6 is 0 Å². The first-order valence-corrected chi connectivity index (χ1v) is 9.35. The second-order valence-corrected chi connectivity index (χ2v) is 7.05. The fourth-order valence-corrected chi connectivity index (χ4v) is 3.07. The van der Waals surface area contributed by atoms with E-state index in [0.29, 0.717) is 13.2 Å². The van der Waals surface area contributed by atoms with Crippen molar-refractivity contribution >= 4 is 17.6 Å². The molecule has 0 saturated heterocycles. The number of anilines is 1. The number of hydrogen-bond acceptors (Lipinski definition) is 3. The highest BCUT2D eigenvalue weighted by atomic mass is 16.5. The molecule has 0 aliphatic rings. The van der Waals surface area contributed by atoms with Crippen molar-refractivity contribution in [3.63, 3.8) is 0 Å². The van der Waals surface area contributed by atoms with Crippen LogP contribution in [-0.2, 0) is 4.79 Å². The zero-order valence-electron chi connectivity index (χ0n) is 17.2. The SMILES string of the molecule is Cc1ccc(OCCNC(=O)NCC(=O)Nc2c(C)cc(C)cc2C)c(C)c1. The van der Waals surface area contributed by atoms with Crippen molar-refractivity contribution in [2.24, 2.45) is 0 Å². The minimum Gasteiger partial charge on any atom is -0.491 e. The average molecular weight is 383 g/mol. The summed E-state index contributed by atoms with van der Waals surface area (Å²) >= 11 is 0. The molecule has 2 aromatic carbocycles. The van der Waals surface area contributed by atoms with Gasteiger partial charge in [-0.15, -0.1) is 0 Å². The second kappa shape index (κ2) is 9.78. The average Bonchev–Trinajstić information content (AvgIpc) is 2.61. The molecule has 3 N–H and O–H groups in total. The van der Waals surface area contributed by atoms with Gasteiger partial charge in [0.1, 0.15) is 12.4 Å². The van der Waals surface area contributed by atoms with Gasteiger partial charge in [-0.2, -0.15) is 0 Å². The molecule has 3 amide bonds.